The molecule has 0 bridgehead atoms. The first kappa shape index (κ1) is 23.7. The fourth-order valence-corrected chi connectivity index (χ4v) is 4.65. The monoisotopic (exact) mass is 469 g/mol. The lowest BCUT2D eigenvalue weighted by Crippen LogP contribution is -2.51. The van der Waals surface area contributed by atoms with Gasteiger partial charge in [0, 0.05) is 61.7 Å². The molecule has 0 radical (unpaired) electrons. The third-order valence-corrected chi connectivity index (χ3v) is 6.47. The zero-order chi connectivity index (χ0) is 24.2. The van der Waals surface area contributed by atoms with E-state index in [-0.39, 0.29) is 24.0 Å². The first-order valence-electron chi connectivity index (χ1n) is 11.7. The average Bonchev–Trinajstić information content (AvgIpc) is 3.27. The maximum Gasteiger partial charge on any atom is 0.409 e. The fourth-order valence-electron chi connectivity index (χ4n) is 4.65. The summed E-state index contributed by atoms with van der Waals surface area (Å²) >= 11 is 0. The molecule has 2 amide bonds. The quantitative estimate of drug-likeness (QED) is 0.562. The number of rotatable bonds is 6. The van der Waals surface area contributed by atoms with Crippen LogP contribution in [0, 0.1) is 11.6 Å². The lowest BCUT2D eigenvalue weighted by atomic mass is 9.87. The number of para-hydroxylation sites is 1. The largest absolute Gasteiger partial charge is 0.450 e. The van der Waals surface area contributed by atoms with Crippen LogP contribution in [0.15, 0.2) is 42.6 Å². The Bertz CT molecular complexity index is 1190. The van der Waals surface area contributed by atoms with Crippen molar-refractivity contribution in [1.29, 1.82) is 0 Å². The van der Waals surface area contributed by atoms with Crippen LogP contribution in [0.2, 0.25) is 0 Å². The van der Waals surface area contributed by atoms with Crippen LogP contribution in [0.1, 0.15) is 42.9 Å². The second-order valence-electron chi connectivity index (χ2n) is 8.43. The van der Waals surface area contributed by atoms with Crippen molar-refractivity contribution in [2.24, 2.45) is 0 Å². The van der Waals surface area contributed by atoms with Crippen molar-refractivity contribution >= 4 is 22.9 Å². The van der Waals surface area contributed by atoms with Gasteiger partial charge in [-0.2, -0.15) is 0 Å². The van der Waals surface area contributed by atoms with E-state index in [1.165, 1.54) is 12.1 Å². The molecule has 34 heavy (non-hydrogen) atoms. The number of nitrogens with one attached hydrogen (secondary N) is 1. The SMILES string of the molecule is CCOC(=O)N1CCN(C(=O)CC(c2ccc(F)cc2F)c2c[nH]c3c(CC)cccc23)CC1. The van der Waals surface area contributed by atoms with E-state index in [0.717, 1.165) is 34.5 Å². The molecule has 1 aliphatic heterocycles. The molecular formula is C26H29F2N3O3. The van der Waals surface area contributed by atoms with Gasteiger partial charge in [-0.05, 0) is 36.1 Å². The highest BCUT2D eigenvalue weighted by Crippen LogP contribution is 2.36. The molecule has 1 atom stereocenters. The fraction of sp³-hybridized carbons (Fsp3) is 0.385. The van der Waals surface area contributed by atoms with E-state index in [2.05, 4.69) is 11.9 Å². The number of halogens is 2. The topological polar surface area (TPSA) is 65.6 Å². The number of aromatic nitrogens is 1. The number of hydrogen-bond acceptors (Lipinski definition) is 3. The summed E-state index contributed by atoms with van der Waals surface area (Å²) in [7, 11) is 0. The van der Waals surface area contributed by atoms with Gasteiger partial charge in [-0.25, -0.2) is 13.6 Å². The predicted octanol–water partition coefficient (Wildman–Crippen LogP) is 4.83. The minimum Gasteiger partial charge on any atom is -0.450 e. The third-order valence-electron chi connectivity index (χ3n) is 6.47. The van der Waals surface area contributed by atoms with Crippen molar-refractivity contribution in [2.75, 3.05) is 32.8 Å². The second kappa shape index (κ2) is 10.2. The Morgan fingerprint density at radius 1 is 1.03 bits per heavy atom. The van der Waals surface area contributed by atoms with Gasteiger partial charge in [-0.3, -0.25) is 4.79 Å². The lowest BCUT2D eigenvalue weighted by Gasteiger charge is -2.34. The molecule has 1 unspecified atom stereocenters. The van der Waals surface area contributed by atoms with Crippen molar-refractivity contribution in [1.82, 2.24) is 14.8 Å². The molecule has 6 nitrogen and oxygen atoms in total. The van der Waals surface area contributed by atoms with Crippen LogP contribution in [-0.2, 0) is 16.0 Å². The van der Waals surface area contributed by atoms with E-state index in [0.29, 0.717) is 32.8 Å². The van der Waals surface area contributed by atoms with Gasteiger partial charge in [0.15, 0.2) is 0 Å². The second-order valence-corrected chi connectivity index (χ2v) is 8.43. The van der Waals surface area contributed by atoms with Crippen LogP contribution in [0.4, 0.5) is 13.6 Å². The molecule has 1 aromatic heterocycles. The smallest absolute Gasteiger partial charge is 0.409 e. The molecule has 1 fully saturated rings. The molecule has 3 aromatic rings. The van der Waals surface area contributed by atoms with E-state index in [9.17, 15) is 18.4 Å². The summed E-state index contributed by atoms with van der Waals surface area (Å²) in [4.78, 5) is 31.8. The Hall–Kier alpha value is -3.42. The maximum absolute atomic E-state index is 14.9. The van der Waals surface area contributed by atoms with E-state index >= 15 is 0 Å². The van der Waals surface area contributed by atoms with Gasteiger partial charge in [0.25, 0.3) is 0 Å². The molecule has 8 heteroatoms. The summed E-state index contributed by atoms with van der Waals surface area (Å²) in [5, 5.41) is 0.924. The number of amides is 2. The van der Waals surface area contributed by atoms with Crippen molar-refractivity contribution in [3.05, 3.63) is 70.9 Å². The Morgan fingerprint density at radius 2 is 1.76 bits per heavy atom. The highest BCUT2D eigenvalue weighted by molar-refractivity contribution is 5.88. The number of ether oxygens (including phenoxy) is 1. The van der Waals surface area contributed by atoms with Gasteiger partial charge in [0.2, 0.25) is 5.91 Å². The number of aryl methyl sites for hydroxylation is 1. The van der Waals surface area contributed by atoms with E-state index in [1.54, 1.807) is 16.7 Å². The summed E-state index contributed by atoms with van der Waals surface area (Å²) in [6.45, 7) is 5.63. The van der Waals surface area contributed by atoms with Crippen LogP contribution >= 0.6 is 0 Å². The number of carbonyl (C=O) groups excluding carboxylic acids is 2. The molecule has 4 rings (SSSR count). The molecule has 180 valence electrons. The van der Waals surface area contributed by atoms with Gasteiger partial charge in [0.05, 0.1) is 6.61 Å². The van der Waals surface area contributed by atoms with Gasteiger partial charge in [-0.15, -0.1) is 0 Å². The number of piperazine rings is 1. The highest BCUT2D eigenvalue weighted by atomic mass is 19.1. The molecule has 1 saturated heterocycles. The molecule has 0 spiro atoms. The van der Waals surface area contributed by atoms with Crippen LogP contribution in [0.5, 0.6) is 0 Å². The van der Waals surface area contributed by atoms with Gasteiger partial charge in [0.1, 0.15) is 11.6 Å². The summed E-state index contributed by atoms with van der Waals surface area (Å²) in [5.74, 6) is -2.06. The number of fused-ring (bicyclic) bond motifs is 1. The summed E-state index contributed by atoms with van der Waals surface area (Å²) in [5.41, 5.74) is 3.17. The van der Waals surface area contributed by atoms with Crippen molar-refractivity contribution in [3.8, 4) is 0 Å². The predicted molar refractivity (Wildman–Crippen MR) is 126 cm³/mol. The van der Waals surface area contributed by atoms with E-state index in [4.69, 9.17) is 4.74 Å². The minimum absolute atomic E-state index is 0.0330. The highest BCUT2D eigenvalue weighted by Gasteiger charge is 2.29. The number of H-pyrrole nitrogens is 1. The van der Waals surface area contributed by atoms with Crippen molar-refractivity contribution in [2.45, 2.75) is 32.6 Å². The zero-order valence-electron chi connectivity index (χ0n) is 19.4. The normalized spacial score (nSPS) is 14.9. The zero-order valence-corrected chi connectivity index (χ0v) is 19.4. The van der Waals surface area contributed by atoms with Crippen LogP contribution in [0.25, 0.3) is 10.9 Å². The molecule has 0 saturated carbocycles. The number of carbonyl (C=O) groups is 2. The molecule has 1 N–H and O–H groups in total. The molecular weight excluding hydrogens is 440 g/mol. The molecule has 2 aromatic carbocycles. The summed E-state index contributed by atoms with van der Waals surface area (Å²) < 4.78 is 33.6. The van der Waals surface area contributed by atoms with Gasteiger partial charge >= 0.3 is 6.09 Å². The van der Waals surface area contributed by atoms with E-state index in [1.807, 2.05) is 24.4 Å². The third kappa shape index (κ3) is 4.76. The number of hydrogen-bond donors (Lipinski definition) is 1. The Labute approximate surface area is 197 Å². The first-order valence-corrected chi connectivity index (χ1v) is 11.7. The Balaban J connectivity index is 1.62. The van der Waals surface area contributed by atoms with Crippen LogP contribution in [-0.4, -0.2) is 59.6 Å². The number of aromatic amines is 1. The number of nitrogens with zero attached hydrogens (tertiary/aromatic N) is 2. The lowest BCUT2D eigenvalue weighted by molar-refractivity contribution is -0.133. The minimum atomic E-state index is -0.675. The van der Waals surface area contributed by atoms with Gasteiger partial charge in [-0.1, -0.05) is 31.2 Å². The Morgan fingerprint density at radius 3 is 2.44 bits per heavy atom. The summed E-state index contributed by atoms with van der Waals surface area (Å²) in [6.07, 6.45) is 2.30. The maximum atomic E-state index is 14.9. The standard InChI is InChI=1S/C26H29F2N3O3/c1-3-17-6-5-7-20-22(16-29-25(17)20)21(19-9-8-18(27)14-23(19)28)15-24(32)30-10-12-31(13-11-30)26(33)34-4-2/h5-9,14,16,21,29H,3-4,10-13,15H2,1-2H3. The summed E-state index contributed by atoms with van der Waals surface area (Å²) in [6, 6.07) is 9.44. The molecule has 2 heterocycles. The number of benzene rings is 2. The van der Waals surface area contributed by atoms with Crippen LogP contribution < -0.4 is 0 Å². The Kier molecular flexibility index (Phi) is 7.14. The van der Waals surface area contributed by atoms with E-state index < -0.39 is 17.6 Å². The van der Waals surface area contributed by atoms with Crippen molar-refractivity contribution in [3.63, 3.8) is 0 Å². The first-order chi connectivity index (χ1) is 16.4. The van der Waals surface area contributed by atoms with Crippen LogP contribution in [0.3, 0.4) is 0 Å². The molecule has 0 aliphatic carbocycles. The van der Waals surface area contributed by atoms with Gasteiger partial charge < -0.3 is 19.5 Å². The molecule has 1 aliphatic rings. The van der Waals surface area contributed by atoms with Crippen molar-refractivity contribution < 1.29 is 23.1 Å². The average molecular weight is 470 g/mol.